The molecule has 0 aromatic heterocycles. The molecule has 0 spiro atoms. The van der Waals surface area contributed by atoms with Crippen molar-refractivity contribution in [2.24, 2.45) is 17.8 Å². The number of likely N-dealkylation sites (tertiary alicyclic amines) is 4. The average molecular weight is 603 g/mol. The number of rotatable bonds is 12. The van der Waals surface area contributed by atoms with Crippen molar-refractivity contribution in [3.8, 4) is 0 Å². The van der Waals surface area contributed by atoms with Crippen molar-refractivity contribution < 1.29 is 19.0 Å². The third-order valence-corrected chi connectivity index (χ3v) is 11.7. The fourth-order valence-corrected chi connectivity index (χ4v) is 8.53. The molecule has 0 N–H and O–H groups in total. The van der Waals surface area contributed by atoms with Gasteiger partial charge in [0.05, 0.1) is 30.8 Å². The van der Waals surface area contributed by atoms with E-state index in [0.29, 0.717) is 24.7 Å². The molecule has 6 rings (SSSR count). The Labute approximate surface area is 262 Å². The highest BCUT2D eigenvalue weighted by Gasteiger charge is 2.36. The largest absolute Gasteiger partial charge is 0.462 e. The quantitative estimate of drug-likeness (QED) is 0.307. The molecule has 8 heteroatoms. The Kier molecular flexibility index (Phi) is 11.7. The van der Waals surface area contributed by atoms with Gasteiger partial charge in [0.15, 0.2) is 0 Å². The molecule has 246 valence electrons. The van der Waals surface area contributed by atoms with Gasteiger partial charge in [0.25, 0.3) is 0 Å². The maximum absolute atomic E-state index is 12.5. The number of hydrogen-bond donors (Lipinski definition) is 0. The molecular formula is C35H62N4O4. The van der Waals surface area contributed by atoms with Crippen LogP contribution < -0.4 is 0 Å². The molecule has 43 heavy (non-hydrogen) atoms. The first-order valence-corrected chi connectivity index (χ1v) is 18.3. The minimum Gasteiger partial charge on any atom is -0.462 e. The Morgan fingerprint density at radius 3 is 1.56 bits per heavy atom. The van der Waals surface area contributed by atoms with Crippen LogP contribution in [0, 0.1) is 17.8 Å². The number of carbonyl (C=O) groups excluding carboxylic acids is 1. The highest BCUT2D eigenvalue weighted by atomic mass is 16.6. The molecule has 0 atom stereocenters. The van der Waals surface area contributed by atoms with Crippen molar-refractivity contribution in [3.63, 3.8) is 0 Å². The summed E-state index contributed by atoms with van der Waals surface area (Å²) < 4.78 is 18.5. The average Bonchev–Trinajstić information content (AvgIpc) is 2.98. The number of piperidine rings is 4. The maximum atomic E-state index is 12.5. The highest BCUT2D eigenvalue weighted by molar-refractivity contribution is 5.69. The zero-order chi connectivity index (χ0) is 29.6. The monoisotopic (exact) mass is 602 g/mol. The molecule has 4 aliphatic heterocycles. The molecule has 2 aliphatic carbocycles. The SMILES string of the molecule is CN1CCC(CN2CCC(O[C@H]3C[C@H](OC(=O)CCN4CCC(CN5CCC(O[C@H]6C[C@H](C)C6)CC5)CC4)C3)CC2)CC1. The van der Waals surface area contributed by atoms with E-state index in [-0.39, 0.29) is 18.2 Å². The van der Waals surface area contributed by atoms with E-state index < -0.39 is 0 Å². The second-order valence-electron chi connectivity index (χ2n) is 15.5. The molecule has 0 bridgehead atoms. The van der Waals surface area contributed by atoms with Crippen LogP contribution in [0.2, 0.25) is 0 Å². The lowest BCUT2D eigenvalue weighted by molar-refractivity contribution is -0.168. The third kappa shape index (κ3) is 9.86. The van der Waals surface area contributed by atoms with E-state index in [2.05, 4.69) is 33.6 Å². The van der Waals surface area contributed by atoms with Gasteiger partial charge in [-0.25, -0.2) is 0 Å². The highest BCUT2D eigenvalue weighted by Crippen LogP contribution is 2.33. The Balaban J connectivity index is 0.759. The van der Waals surface area contributed by atoms with Gasteiger partial charge in [-0.15, -0.1) is 0 Å². The summed E-state index contributed by atoms with van der Waals surface area (Å²) in [6, 6.07) is 0. The Hall–Kier alpha value is -0.770. The Morgan fingerprint density at radius 2 is 1.05 bits per heavy atom. The summed E-state index contributed by atoms with van der Waals surface area (Å²) in [5.41, 5.74) is 0. The Bertz CT molecular complexity index is 833. The summed E-state index contributed by atoms with van der Waals surface area (Å²) in [6.45, 7) is 15.2. The van der Waals surface area contributed by atoms with Crippen molar-refractivity contribution in [1.29, 1.82) is 0 Å². The van der Waals surface area contributed by atoms with E-state index in [1.807, 2.05) is 0 Å². The summed E-state index contributed by atoms with van der Waals surface area (Å²) in [5.74, 6) is 2.52. The van der Waals surface area contributed by atoms with Gasteiger partial charge in [-0.05, 0) is 115 Å². The van der Waals surface area contributed by atoms with Crippen LogP contribution in [0.15, 0.2) is 0 Å². The first-order valence-electron chi connectivity index (χ1n) is 18.3. The van der Waals surface area contributed by atoms with Crippen molar-refractivity contribution in [2.75, 3.05) is 79.0 Å². The first-order chi connectivity index (χ1) is 20.9. The van der Waals surface area contributed by atoms with Crippen molar-refractivity contribution >= 4 is 5.97 Å². The lowest BCUT2D eigenvalue weighted by atomic mass is 9.84. The molecule has 0 radical (unpaired) electrons. The lowest BCUT2D eigenvalue weighted by Crippen LogP contribution is -2.46. The predicted molar refractivity (Wildman–Crippen MR) is 170 cm³/mol. The second kappa shape index (κ2) is 15.7. The number of carbonyl (C=O) groups is 1. The van der Waals surface area contributed by atoms with Gasteiger partial charge in [0.2, 0.25) is 0 Å². The smallest absolute Gasteiger partial charge is 0.307 e. The topological polar surface area (TPSA) is 57.7 Å². The zero-order valence-electron chi connectivity index (χ0n) is 27.5. The normalized spacial score (nSPS) is 33.7. The van der Waals surface area contributed by atoms with Crippen molar-refractivity contribution in [2.45, 2.75) is 121 Å². The summed E-state index contributed by atoms with van der Waals surface area (Å²) in [7, 11) is 2.24. The molecule has 0 aromatic rings. The van der Waals surface area contributed by atoms with Crippen LogP contribution in [0.3, 0.4) is 0 Å². The Morgan fingerprint density at radius 1 is 0.581 bits per heavy atom. The van der Waals surface area contributed by atoms with Gasteiger partial charge in [0, 0.05) is 58.7 Å². The molecule has 0 aromatic carbocycles. The summed E-state index contributed by atoms with van der Waals surface area (Å²) in [4.78, 5) is 22.8. The number of ether oxygens (including phenoxy) is 3. The summed E-state index contributed by atoms with van der Waals surface area (Å²) in [5, 5.41) is 0. The number of nitrogens with zero attached hydrogens (tertiary/aromatic N) is 4. The number of esters is 1. The van der Waals surface area contributed by atoms with Crippen molar-refractivity contribution in [3.05, 3.63) is 0 Å². The van der Waals surface area contributed by atoms with Gasteiger partial charge in [-0.3, -0.25) is 4.79 Å². The molecule has 2 saturated carbocycles. The van der Waals surface area contributed by atoms with E-state index in [9.17, 15) is 4.79 Å². The fraction of sp³-hybridized carbons (Fsp3) is 0.971. The van der Waals surface area contributed by atoms with Gasteiger partial charge >= 0.3 is 5.97 Å². The predicted octanol–water partition coefficient (Wildman–Crippen LogP) is 4.27. The fourth-order valence-electron chi connectivity index (χ4n) is 8.53. The van der Waals surface area contributed by atoms with Crippen LogP contribution in [0.25, 0.3) is 0 Å². The van der Waals surface area contributed by atoms with Gasteiger partial charge in [-0.2, -0.15) is 0 Å². The molecular weight excluding hydrogens is 540 g/mol. The molecule has 0 amide bonds. The van der Waals surface area contributed by atoms with Gasteiger partial charge in [-0.1, -0.05) is 6.92 Å². The molecule has 8 nitrogen and oxygen atoms in total. The molecule has 6 fully saturated rings. The first kappa shape index (κ1) is 32.2. The lowest BCUT2D eigenvalue weighted by Gasteiger charge is -2.41. The van der Waals surface area contributed by atoms with E-state index >= 15 is 0 Å². The maximum Gasteiger partial charge on any atom is 0.307 e. The van der Waals surface area contributed by atoms with Crippen LogP contribution in [0.1, 0.15) is 90.4 Å². The standard InChI is InChI=1S/C35H62N4O4/c1-27-21-32(22-27)41-30-7-16-39(17-8-30)26-29-5-14-37(15-6-29)20-11-35(40)43-34-23-33(24-34)42-31-9-18-38(19-10-31)25-28-3-12-36(2)13-4-28/h27-34H,3-26H2,1-2H3/t27-,32-,33-,34-. The molecule has 4 saturated heterocycles. The van der Waals surface area contributed by atoms with Crippen LogP contribution >= 0.6 is 0 Å². The second-order valence-corrected chi connectivity index (χ2v) is 15.5. The van der Waals surface area contributed by atoms with E-state index in [1.54, 1.807) is 0 Å². The van der Waals surface area contributed by atoms with Gasteiger partial charge in [0.1, 0.15) is 6.10 Å². The third-order valence-electron chi connectivity index (χ3n) is 11.7. The van der Waals surface area contributed by atoms with Crippen LogP contribution in [-0.2, 0) is 19.0 Å². The van der Waals surface area contributed by atoms with Crippen LogP contribution in [0.4, 0.5) is 0 Å². The van der Waals surface area contributed by atoms with Crippen LogP contribution in [0.5, 0.6) is 0 Å². The van der Waals surface area contributed by atoms with E-state index in [1.165, 1.54) is 104 Å². The minimum atomic E-state index is -0.0192. The summed E-state index contributed by atoms with van der Waals surface area (Å²) >= 11 is 0. The van der Waals surface area contributed by atoms with E-state index in [0.717, 1.165) is 63.1 Å². The van der Waals surface area contributed by atoms with Crippen LogP contribution in [-0.4, -0.2) is 135 Å². The zero-order valence-corrected chi connectivity index (χ0v) is 27.5. The minimum absolute atomic E-state index is 0.0192. The van der Waals surface area contributed by atoms with E-state index in [4.69, 9.17) is 14.2 Å². The molecule has 6 aliphatic rings. The molecule has 0 unspecified atom stereocenters. The number of hydrogen-bond acceptors (Lipinski definition) is 8. The molecule has 4 heterocycles. The van der Waals surface area contributed by atoms with Gasteiger partial charge < -0.3 is 33.8 Å². The summed E-state index contributed by atoms with van der Waals surface area (Å²) in [6.07, 6.45) is 16.5. The van der Waals surface area contributed by atoms with Crippen molar-refractivity contribution in [1.82, 2.24) is 19.6 Å².